The molecule has 0 unspecified atom stereocenters. The lowest BCUT2D eigenvalue weighted by atomic mass is 9.93. The third kappa shape index (κ3) is 2.47. The van der Waals surface area contributed by atoms with Gasteiger partial charge in [-0.15, -0.1) is 0 Å². The molecule has 0 atom stereocenters. The van der Waals surface area contributed by atoms with Gasteiger partial charge in [0.1, 0.15) is 11.5 Å². The molecule has 3 heterocycles. The van der Waals surface area contributed by atoms with E-state index in [1.807, 2.05) is 35.9 Å². The Morgan fingerprint density at radius 1 is 1.15 bits per heavy atom. The monoisotopic (exact) mass is 454 g/mol. The Labute approximate surface area is 194 Å². The van der Waals surface area contributed by atoms with E-state index in [0.29, 0.717) is 42.3 Å². The zero-order valence-corrected chi connectivity index (χ0v) is 19.1. The second kappa shape index (κ2) is 7.12. The molecule has 0 saturated heterocycles. The maximum atomic E-state index is 13.2. The van der Waals surface area contributed by atoms with Crippen molar-refractivity contribution in [3.8, 4) is 11.8 Å². The fourth-order valence-electron chi connectivity index (χ4n) is 5.67. The van der Waals surface area contributed by atoms with Gasteiger partial charge in [0.2, 0.25) is 0 Å². The number of nitrogens with zero attached hydrogens (tertiary/aromatic N) is 3. The molecule has 8 heteroatoms. The van der Waals surface area contributed by atoms with E-state index in [-0.39, 0.29) is 18.1 Å². The first kappa shape index (κ1) is 20.4. The van der Waals surface area contributed by atoms with Crippen molar-refractivity contribution < 1.29 is 19.1 Å². The molecule has 2 aromatic carbocycles. The minimum Gasteiger partial charge on any atom is -0.501 e. The Morgan fingerprint density at radius 2 is 1.97 bits per heavy atom. The molecule has 0 radical (unpaired) electrons. The van der Waals surface area contributed by atoms with Crippen LogP contribution in [0.25, 0.3) is 38.8 Å². The number of nitrogens with one attached hydrogen (secondary N) is 1. The lowest BCUT2D eigenvalue weighted by Gasteiger charge is -2.13. The minimum absolute atomic E-state index is 0.0466. The normalized spacial score (nSPS) is 14.8. The number of fused-ring (bicyclic) bond motifs is 10. The number of allylic oxidation sites excluding steroid dienone is 1. The number of aryl methyl sites for hydroxylation is 2. The predicted octanol–water partition coefficient (Wildman–Crippen LogP) is 4.03. The van der Waals surface area contributed by atoms with Crippen LogP contribution in [0.15, 0.2) is 24.0 Å². The van der Waals surface area contributed by atoms with Gasteiger partial charge in [0.05, 0.1) is 55.4 Å². The molecule has 0 fully saturated rings. The molecular weight excluding hydrogens is 432 g/mol. The highest BCUT2D eigenvalue weighted by atomic mass is 16.5. The molecule has 0 spiro atoms. The number of aromatic nitrogens is 2. The molecule has 2 aliphatic rings. The lowest BCUT2D eigenvalue weighted by Crippen LogP contribution is -2.13. The number of Topliss-reactive ketones (excluding diaryl/α,β-unsaturated/α-hetero) is 1. The van der Waals surface area contributed by atoms with Gasteiger partial charge >= 0.3 is 0 Å². The first-order chi connectivity index (χ1) is 16.5. The summed E-state index contributed by atoms with van der Waals surface area (Å²) in [7, 11) is 5.05. The summed E-state index contributed by atoms with van der Waals surface area (Å²) in [6, 6.07) is 8.12. The van der Waals surface area contributed by atoms with E-state index >= 15 is 0 Å². The van der Waals surface area contributed by atoms with Crippen LogP contribution in [-0.2, 0) is 24.9 Å². The first-order valence-corrected chi connectivity index (χ1v) is 11.1. The van der Waals surface area contributed by atoms with Crippen LogP contribution in [0.2, 0.25) is 0 Å². The lowest BCUT2D eigenvalue weighted by molar-refractivity contribution is 0.0955. The molecule has 0 bridgehead atoms. The van der Waals surface area contributed by atoms with Gasteiger partial charge in [-0.2, -0.15) is 5.26 Å². The fraction of sp³-hybridized carbons (Fsp3) is 0.269. The van der Waals surface area contributed by atoms with Crippen molar-refractivity contribution in [1.29, 1.82) is 5.26 Å². The summed E-state index contributed by atoms with van der Waals surface area (Å²) < 4.78 is 15.0. The Hall–Kier alpha value is -4.25. The predicted molar refractivity (Wildman–Crippen MR) is 128 cm³/mol. The van der Waals surface area contributed by atoms with Crippen molar-refractivity contribution in [2.24, 2.45) is 7.05 Å². The van der Waals surface area contributed by atoms with Gasteiger partial charge in [0, 0.05) is 47.4 Å². The number of carbonyl (C=O) groups excluding carboxylic acids is 2. The zero-order valence-electron chi connectivity index (χ0n) is 19.1. The molecule has 1 aliphatic heterocycles. The number of nitriles is 1. The quantitative estimate of drug-likeness (QED) is 0.502. The van der Waals surface area contributed by atoms with E-state index in [9.17, 15) is 14.9 Å². The molecule has 4 aromatic rings. The molecule has 34 heavy (non-hydrogen) atoms. The summed E-state index contributed by atoms with van der Waals surface area (Å²) in [4.78, 5) is 26.3. The Kier molecular flexibility index (Phi) is 4.27. The Bertz CT molecular complexity index is 1660. The summed E-state index contributed by atoms with van der Waals surface area (Å²) in [6.07, 6.45) is 2.39. The average molecular weight is 454 g/mol. The summed E-state index contributed by atoms with van der Waals surface area (Å²) in [5.41, 5.74) is 5.48. The van der Waals surface area contributed by atoms with Gasteiger partial charge in [-0.05, 0) is 29.8 Å². The van der Waals surface area contributed by atoms with Gasteiger partial charge in [0.15, 0.2) is 5.78 Å². The van der Waals surface area contributed by atoms with Gasteiger partial charge in [0.25, 0.3) is 5.91 Å². The highest BCUT2D eigenvalue weighted by Crippen LogP contribution is 2.46. The van der Waals surface area contributed by atoms with Crippen LogP contribution < -0.4 is 10.1 Å². The van der Waals surface area contributed by atoms with Crippen molar-refractivity contribution in [2.45, 2.75) is 25.9 Å². The third-order valence-corrected chi connectivity index (χ3v) is 7.05. The number of ether oxygens (including phenoxy) is 2. The van der Waals surface area contributed by atoms with Gasteiger partial charge < -0.3 is 23.9 Å². The highest BCUT2D eigenvalue weighted by Gasteiger charge is 2.35. The van der Waals surface area contributed by atoms with Gasteiger partial charge in [-0.3, -0.25) is 9.59 Å². The third-order valence-electron chi connectivity index (χ3n) is 7.05. The number of benzene rings is 2. The smallest absolute Gasteiger partial charge is 0.252 e. The number of hydrogen-bond donors (Lipinski definition) is 1. The van der Waals surface area contributed by atoms with Crippen molar-refractivity contribution in [1.82, 2.24) is 14.5 Å². The summed E-state index contributed by atoms with van der Waals surface area (Å²) >= 11 is 0. The topological polar surface area (TPSA) is 98.3 Å². The molecule has 2 aromatic heterocycles. The number of hydrogen-bond acceptors (Lipinski definition) is 5. The zero-order chi connectivity index (χ0) is 23.7. The van der Waals surface area contributed by atoms with Gasteiger partial charge in [-0.1, -0.05) is 0 Å². The van der Waals surface area contributed by atoms with Crippen molar-refractivity contribution in [2.75, 3.05) is 14.2 Å². The molecule has 8 nitrogen and oxygen atoms in total. The molecule has 0 saturated carbocycles. The van der Waals surface area contributed by atoms with E-state index < -0.39 is 0 Å². The van der Waals surface area contributed by atoms with Crippen molar-refractivity contribution in [3.05, 3.63) is 46.3 Å². The molecule has 6 rings (SSSR count). The molecule has 1 aliphatic carbocycles. The summed E-state index contributed by atoms with van der Waals surface area (Å²) in [6.45, 7) is 0.884. The first-order valence-electron chi connectivity index (χ1n) is 11.1. The van der Waals surface area contributed by atoms with E-state index in [0.717, 1.165) is 43.8 Å². The Morgan fingerprint density at radius 3 is 2.71 bits per heavy atom. The highest BCUT2D eigenvalue weighted by molar-refractivity contribution is 6.28. The van der Waals surface area contributed by atoms with Crippen LogP contribution in [0.4, 0.5) is 0 Å². The molecule has 1 amide bonds. The van der Waals surface area contributed by atoms with Crippen LogP contribution in [0.5, 0.6) is 5.75 Å². The summed E-state index contributed by atoms with van der Waals surface area (Å²) in [5, 5.41) is 15.0. The van der Waals surface area contributed by atoms with Crippen molar-refractivity contribution >= 4 is 50.5 Å². The second-order valence-corrected chi connectivity index (χ2v) is 8.66. The second-order valence-electron chi connectivity index (χ2n) is 8.66. The van der Waals surface area contributed by atoms with E-state index in [2.05, 4.69) is 16.0 Å². The maximum Gasteiger partial charge on any atom is 0.252 e. The van der Waals surface area contributed by atoms with Crippen LogP contribution in [0.3, 0.4) is 0 Å². The van der Waals surface area contributed by atoms with E-state index in [1.54, 1.807) is 14.2 Å². The van der Waals surface area contributed by atoms with E-state index in [1.165, 1.54) is 0 Å². The number of methoxy groups -OCH3 is 2. The maximum absolute atomic E-state index is 13.2. The van der Waals surface area contributed by atoms with Crippen LogP contribution in [0, 0.1) is 11.3 Å². The van der Waals surface area contributed by atoms with Crippen LogP contribution in [-0.4, -0.2) is 35.0 Å². The van der Waals surface area contributed by atoms with Crippen LogP contribution >= 0.6 is 0 Å². The number of carbonyl (C=O) groups is 2. The average Bonchev–Trinajstić information content (AvgIpc) is 3.47. The largest absolute Gasteiger partial charge is 0.501 e. The van der Waals surface area contributed by atoms with Gasteiger partial charge in [-0.25, -0.2) is 0 Å². The SMILES string of the molecule is COC1=Cc2c(n(C)c3c2c2c(c4c5cc(OC)ccc5n(CCC#N)c43)CNC2=O)C(=O)C1. The number of rotatable bonds is 4. The van der Waals surface area contributed by atoms with E-state index in [4.69, 9.17) is 9.47 Å². The number of ketones is 1. The fourth-order valence-corrected chi connectivity index (χ4v) is 5.67. The summed E-state index contributed by atoms with van der Waals surface area (Å²) in [5.74, 6) is 1.09. The minimum atomic E-state index is -0.151. The molecule has 170 valence electrons. The molecular formula is C26H22N4O4. The Balaban J connectivity index is 1.91. The van der Waals surface area contributed by atoms with Crippen LogP contribution in [0.1, 0.15) is 44.8 Å². The van der Waals surface area contributed by atoms with Crippen molar-refractivity contribution in [3.63, 3.8) is 0 Å². The standard InChI is InChI=1S/C26H22N4O4/c1-29-23-16(10-14(34-3)11-19(23)31)21-22-17(12-28-26(22)32)20-15-9-13(33-2)5-6-18(15)30(8-4-7-27)25(20)24(21)29/h5-6,9-10H,4,8,11-12H2,1-3H3,(H,28,32). The molecule has 1 N–H and O–H groups in total. The number of amides is 1.